The van der Waals surface area contributed by atoms with Crippen LogP contribution in [0.4, 0.5) is 0 Å². The van der Waals surface area contributed by atoms with Crippen molar-refractivity contribution in [1.82, 2.24) is 10.1 Å². The molecule has 6 heteroatoms. The zero-order valence-electron chi connectivity index (χ0n) is 15.1. The molecule has 3 aromatic rings. The summed E-state index contributed by atoms with van der Waals surface area (Å²) in [7, 11) is 0. The third-order valence-electron chi connectivity index (χ3n) is 4.62. The summed E-state index contributed by atoms with van der Waals surface area (Å²) >= 11 is 0. The number of aromatic nitrogens is 2. The van der Waals surface area contributed by atoms with E-state index in [-0.39, 0.29) is 6.10 Å². The lowest BCUT2D eigenvalue weighted by Gasteiger charge is -2.11. The molecule has 1 atom stereocenters. The Labute approximate surface area is 157 Å². The van der Waals surface area contributed by atoms with Gasteiger partial charge in [0.2, 0.25) is 5.82 Å². The van der Waals surface area contributed by atoms with Gasteiger partial charge in [-0.1, -0.05) is 23.4 Å². The average Bonchev–Trinajstić information content (AvgIpc) is 3.29. The van der Waals surface area contributed by atoms with Crippen molar-refractivity contribution in [2.24, 2.45) is 0 Å². The number of aliphatic hydroxyl groups excluding tert-OH is 1. The summed E-state index contributed by atoms with van der Waals surface area (Å²) in [5, 5.41) is 23.6. The lowest BCUT2D eigenvalue weighted by atomic mass is 10.0. The Bertz CT molecular complexity index is 1030. The molecule has 0 amide bonds. The minimum absolute atomic E-state index is 0.0199. The lowest BCUT2D eigenvalue weighted by Crippen LogP contribution is -2.06. The third-order valence-corrected chi connectivity index (χ3v) is 4.62. The number of nitriles is 1. The zero-order valence-corrected chi connectivity index (χ0v) is 15.1. The summed E-state index contributed by atoms with van der Waals surface area (Å²) < 4.78 is 11.1. The second-order valence-electron chi connectivity index (χ2n) is 6.84. The standard InChI is InChI=1S/C21H19N3O3/c1-12(2)26-19-9-6-13(10-14(19)11-22)21-23-20(24-27-21)17-5-3-4-16-15(17)7-8-18(16)25/h3-6,9-10,12,18,25H,7-8H2,1-2H3/t18-/m0/s1. The van der Waals surface area contributed by atoms with Gasteiger partial charge < -0.3 is 14.4 Å². The second-order valence-corrected chi connectivity index (χ2v) is 6.84. The highest BCUT2D eigenvalue weighted by molar-refractivity contribution is 5.67. The monoisotopic (exact) mass is 361 g/mol. The second kappa shape index (κ2) is 6.86. The first-order valence-electron chi connectivity index (χ1n) is 8.92. The van der Waals surface area contributed by atoms with Gasteiger partial charge in [-0.15, -0.1) is 0 Å². The highest BCUT2D eigenvalue weighted by Gasteiger charge is 2.25. The van der Waals surface area contributed by atoms with Crippen LogP contribution in [0.2, 0.25) is 0 Å². The fourth-order valence-corrected chi connectivity index (χ4v) is 3.40. The first kappa shape index (κ1) is 17.3. The number of fused-ring (bicyclic) bond motifs is 1. The number of rotatable bonds is 4. The maximum absolute atomic E-state index is 10.1. The maximum atomic E-state index is 10.1. The summed E-state index contributed by atoms with van der Waals surface area (Å²) in [6.07, 6.45) is 1.04. The van der Waals surface area contributed by atoms with Crippen LogP contribution in [-0.4, -0.2) is 21.4 Å². The van der Waals surface area contributed by atoms with Crippen molar-refractivity contribution in [1.29, 1.82) is 5.26 Å². The number of benzene rings is 2. The van der Waals surface area contributed by atoms with E-state index in [0.29, 0.717) is 35.0 Å². The fraction of sp³-hybridized carbons (Fsp3) is 0.286. The third kappa shape index (κ3) is 3.18. The van der Waals surface area contributed by atoms with Gasteiger partial charge in [0.05, 0.1) is 17.8 Å². The average molecular weight is 361 g/mol. The Kier molecular flexibility index (Phi) is 4.38. The SMILES string of the molecule is CC(C)Oc1ccc(-c2nc(-c3cccc4c3CC[C@@H]4O)no2)cc1C#N. The Hall–Kier alpha value is -3.17. The number of ether oxygens (including phenoxy) is 1. The first-order chi connectivity index (χ1) is 13.1. The van der Waals surface area contributed by atoms with Crippen LogP contribution in [-0.2, 0) is 6.42 Å². The van der Waals surface area contributed by atoms with Crippen LogP contribution in [0.25, 0.3) is 22.8 Å². The maximum Gasteiger partial charge on any atom is 0.258 e. The molecule has 1 aliphatic carbocycles. The summed E-state index contributed by atoms with van der Waals surface area (Å²) in [5.41, 5.74) is 3.95. The van der Waals surface area contributed by atoms with Gasteiger partial charge in [0, 0.05) is 11.1 Å². The lowest BCUT2D eigenvalue weighted by molar-refractivity contribution is 0.180. The van der Waals surface area contributed by atoms with E-state index in [2.05, 4.69) is 16.2 Å². The van der Waals surface area contributed by atoms with E-state index < -0.39 is 6.10 Å². The molecule has 1 heterocycles. The van der Waals surface area contributed by atoms with Gasteiger partial charge in [-0.2, -0.15) is 10.2 Å². The highest BCUT2D eigenvalue weighted by atomic mass is 16.5. The predicted molar refractivity (Wildman–Crippen MR) is 98.9 cm³/mol. The number of hydrogen-bond acceptors (Lipinski definition) is 6. The molecule has 6 nitrogen and oxygen atoms in total. The summed E-state index contributed by atoms with van der Waals surface area (Å²) in [6.45, 7) is 3.82. The molecule has 1 N–H and O–H groups in total. The Morgan fingerprint density at radius 2 is 2.15 bits per heavy atom. The van der Waals surface area contributed by atoms with Gasteiger partial charge in [0.15, 0.2) is 0 Å². The van der Waals surface area contributed by atoms with Crippen LogP contribution in [0.5, 0.6) is 5.75 Å². The molecule has 2 aromatic carbocycles. The van der Waals surface area contributed by atoms with Gasteiger partial charge in [-0.25, -0.2) is 0 Å². The molecule has 0 saturated heterocycles. The summed E-state index contributed by atoms with van der Waals surface area (Å²) in [4.78, 5) is 4.51. The van der Waals surface area contributed by atoms with Crippen molar-refractivity contribution in [2.75, 3.05) is 0 Å². The summed E-state index contributed by atoms with van der Waals surface area (Å²) in [6, 6.07) is 13.1. The minimum Gasteiger partial charge on any atom is -0.490 e. The Morgan fingerprint density at radius 1 is 1.30 bits per heavy atom. The first-order valence-corrected chi connectivity index (χ1v) is 8.92. The normalized spacial score (nSPS) is 15.6. The highest BCUT2D eigenvalue weighted by Crippen LogP contribution is 2.37. The fourth-order valence-electron chi connectivity index (χ4n) is 3.40. The smallest absolute Gasteiger partial charge is 0.258 e. The van der Waals surface area contributed by atoms with E-state index in [1.165, 1.54) is 0 Å². The van der Waals surface area contributed by atoms with E-state index in [0.717, 1.165) is 23.1 Å². The van der Waals surface area contributed by atoms with Gasteiger partial charge in [0.25, 0.3) is 5.89 Å². The van der Waals surface area contributed by atoms with Gasteiger partial charge in [-0.3, -0.25) is 0 Å². The van der Waals surface area contributed by atoms with Crippen molar-refractivity contribution < 1.29 is 14.4 Å². The van der Waals surface area contributed by atoms with Crippen LogP contribution >= 0.6 is 0 Å². The molecule has 1 aromatic heterocycles. The van der Waals surface area contributed by atoms with Crippen LogP contribution in [0.15, 0.2) is 40.9 Å². The van der Waals surface area contributed by atoms with E-state index in [1.807, 2.05) is 32.0 Å². The molecule has 0 aliphatic heterocycles. The van der Waals surface area contributed by atoms with E-state index in [9.17, 15) is 10.4 Å². The molecule has 0 bridgehead atoms. The Balaban J connectivity index is 1.69. The van der Waals surface area contributed by atoms with Crippen molar-refractivity contribution in [2.45, 2.75) is 38.9 Å². The van der Waals surface area contributed by atoms with E-state index >= 15 is 0 Å². The molecule has 0 unspecified atom stereocenters. The Morgan fingerprint density at radius 3 is 2.93 bits per heavy atom. The van der Waals surface area contributed by atoms with Gasteiger partial charge in [0.1, 0.15) is 11.8 Å². The zero-order chi connectivity index (χ0) is 19.0. The van der Waals surface area contributed by atoms with Gasteiger partial charge >= 0.3 is 0 Å². The predicted octanol–water partition coefficient (Wildman–Crippen LogP) is 4.04. The van der Waals surface area contributed by atoms with Crippen molar-refractivity contribution in [3.63, 3.8) is 0 Å². The van der Waals surface area contributed by atoms with Crippen molar-refractivity contribution >= 4 is 0 Å². The molecule has 136 valence electrons. The van der Waals surface area contributed by atoms with Gasteiger partial charge in [-0.05, 0) is 56.0 Å². The van der Waals surface area contributed by atoms with Crippen molar-refractivity contribution in [3.8, 4) is 34.7 Å². The summed E-state index contributed by atoms with van der Waals surface area (Å²) in [5.74, 6) is 1.36. The number of aliphatic hydroxyl groups is 1. The van der Waals surface area contributed by atoms with Crippen LogP contribution in [0.3, 0.4) is 0 Å². The molecule has 0 radical (unpaired) electrons. The van der Waals surface area contributed by atoms with E-state index in [1.54, 1.807) is 18.2 Å². The molecule has 0 spiro atoms. The molecule has 0 saturated carbocycles. The minimum atomic E-state index is -0.432. The van der Waals surface area contributed by atoms with E-state index in [4.69, 9.17) is 9.26 Å². The molecule has 1 aliphatic rings. The molecular formula is C21H19N3O3. The largest absolute Gasteiger partial charge is 0.490 e. The number of nitrogens with zero attached hydrogens (tertiary/aromatic N) is 3. The molecule has 4 rings (SSSR count). The van der Waals surface area contributed by atoms with Crippen molar-refractivity contribution in [3.05, 3.63) is 53.1 Å². The van der Waals surface area contributed by atoms with Crippen LogP contribution in [0.1, 0.15) is 43.1 Å². The van der Waals surface area contributed by atoms with Crippen LogP contribution in [0, 0.1) is 11.3 Å². The number of hydrogen-bond donors (Lipinski definition) is 1. The molecule has 27 heavy (non-hydrogen) atoms. The van der Waals surface area contributed by atoms with Crippen LogP contribution < -0.4 is 4.74 Å². The topological polar surface area (TPSA) is 92.2 Å². The quantitative estimate of drug-likeness (QED) is 0.754. The molecular weight excluding hydrogens is 342 g/mol. The molecule has 0 fully saturated rings.